The predicted molar refractivity (Wildman–Crippen MR) is 120 cm³/mol. The Balaban J connectivity index is 1.23. The van der Waals surface area contributed by atoms with Crippen LogP contribution in [-0.4, -0.2) is 65.2 Å². The van der Waals surface area contributed by atoms with Crippen LogP contribution in [0.2, 0.25) is 0 Å². The molecule has 0 aliphatic carbocycles. The smallest absolute Gasteiger partial charge is 0.252 e. The number of aryl methyl sites for hydroxylation is 1. The molecule has 0 bridgehead atoms. The molecule has 1 N–H and O–H groups in total. The zero-order valence-electron chi connectivity index (χ0n) is 17.5. The highest BCUT2D eigenvalue weighted by molar-refractivity contribution is 7.98. The quantitative estimate of drug-likeness (QED) is 0.537. The molecule has 3 aromatic rings. The van der Waals surface area contributed by atoms with Crippen molar-refractivity contribution in [1.82, 2.24) is 25.3 Å². The number of thioether (sulfide) groups is 1. The summed E-state index contributed by atoms with van der Waals surface area (Å²) in [6.45, 7) is 6.96. The van der Waals surface area contributed by atoms with Crippen LogP contribution >= 0.6 is 11.8 Å². The van der Waals surface area contributed by atoms with Gasteiger partial charge in [-0.2, -0.15) is 0 Å². The molecule has 1 aromatic carbocycles. The van der Waals surface area contributed by atoms with Gasteiger partial charge in [-0.05, 0) is 25.1 Å². The Kier molecular flexibility index (Phi) is 7.16. The molecule has 2 aromatic heterocycles. The van der Waals surface area contributed by atoms with E-state index in [1.54, 1.807) is 24.2 Å². The van der Waals surface area contributed by atoms with Crippen molar-refractivity contribution in [3.05, 3.63) is 65.8 Å². The second-order valence-electron chi connectivity index (χ2n) is 7.35. The third kappa shape index (κ3) is 5.83. The van der Waals surface area contributed by atoms with E-state index < -0.39 is 0 Å². The summed E-state index contributed by atoms with van der Waals surface area (Å²) >= 11 is 1.58. The Hall–Kier alpha value is -2.91. The Morgan fingerprint density at radius 3 is 2.65 bits per heavy atom. The van der Waals surface area contributed by atoms with E-state index in [9.17, 15) is 4.79 Å². The number of rotatable bonds is 8. The van der Waals surface area contributed by atoms with Crippen molar-refractivity contribution in [3.8, 4) is 0 Å². The van der Waals surface area contributed by atoms with E-state index >= 15 is 0 Å². The van der Waals surface area contributed by atoms with Gasteiger partial charge in [-0.15, -0.1) is 11.8 Å². The molecule has 162 valence electrons. The van der Waals surface area contributed by atoms with E-state index in [0.717, 1.165) is 55.0 Å². The Bertz CT molecular complexity index is 988. The van der Waals surface area contributed by atoms with Crippen LogP contribution in [-0.2, 0) is 5.75 Å². The molecule has 1 fully saturated rings. The maximum absolute atomic E-state index is 12.8. The number of benzene rings is 1. The highest BCUT2D eigenvalue weighted by atomic mass is 32.2. The van der Waals surface area contributed by atoms with Gasteiger partial charge >= 0.3 is 0 Å². The van der Waals surface area contributed by atoms with E-state index in [4.69, 9.17) is 4.52 Å². The molecule has 9 heteroatoms. The molecule has 4 rings (SSSR count). The molecule has 0 spiro atoms. The SMILES string of the molecule is Cc1cc(CSc2ccccc2C(=O)NCCN2CCN(c3ncccn3)CC2)on1. The van der Waals surface area contributed by atoms with Gasteiger partial charge in [0.25, 0.3) is 5.91 Å². The summed E-state index contributed by atoms with van der Waals surface area (Å²) in [7, 11) is 0. The molecule has 0 radical (unpaired) electrons. The molecule has 1 saturated heterocycles. The second kappa shape index (κ2) is 10.4. The minimum atomic E-state index is -0.0480. The number of nitrogens with zero attached hydrogens (tertiary/aromatic N) is 5. The van der Waals surface area contributed by atoms with E-state index in [2.05, 4.69) is 30.2 Å². The van der Waals surface area contributed by atoms with Crippen molar-refractivity contribution in [2.24, 2.45) is 0 Å². The lowest BCUT2D eigenvalue weighted by Crippen LogP contribution is -2.49. The normalized spacial score (nSPS) is 14.5. The number of hydrogen-bond acceptors (Lipinski definition) is 8. The van der Waals surface area contributed by atoms with Crippen LogP contribution in [0.25, 0.3) is 0 Å². The molecular formula is C22H26N6O2S. The summed E-state index contributed by atoms with van der Waals surface area (Å²) in [6.07, 6.45) is 3.54. The summed E-state index contributed by atoms with van der Waals surface area (Å²) in [5, 5.41) is 6.97. The largest absolute Gasteiger partial charge is 0.360 e. The minimum Gasteiger partial charge on any atom is -0.360 e. The average molecular weight is 439 g/mol. The van der Waals surface area contributed by atoms with Crippen molar-refractivity contribution in [2.75, 3.05) is 44.2 Å². The fourth-order valence-electron chi connectivity index (χ4n) is 3.46. The summed E-state index contributed by atoms with van der Waals surface area (Å²) in [4.78, 5) is 26.9. The van der Waals surface area contributed by atoms with Gasteiger partial charge in [0.05, 0.1) is 17.0 Å². The molecule has 3 heterocycles. The van der Waals surface area contributed by atoms with Crippen LogP contribution < -0.4 is 10.2 Å². The number of hydrogen-bond donors (Lipinski definition) is 1. The molecule has 31 heavy (non-hydrogen) atoms. The standard InChI is InChI=1S/C22H26N6O2S/c1-17-15-18(30-26-17)16-31-20-6-3-2-5-19(20)21(29)23-9-10-27-11-13-28(14-12-27)22-24-7-4-8-25-22/h2-8,15H,9-14,16H2,1H3,(H,23,29). The van der Waals surface area contributed by atoms with Crippen LogP contribution in [0.1, 0.15) is 21.8 Å². The average Bonchev–Trinajstić information content (AvgIpc) is 3.24. The number of piperazine rings is 1. The highest BCUT2D eigenvalue weighted by Gasteiger charge is 2.19. The number of anilines is 1. The third-order valence-electron chi connectivity index (χ3n) is 5.10. The van der Waals surface area contributed by atoms with Gasteiger partial charge in [-0.1, -0.05) is 17.3 Å². The zero-order chi connectivity index (χ0) is 21.5. The summed E-state index contributed by atoms with van der Waals surface area (Å²) in [6, 6.07) is 11.4. The molecule has 1 amide bonds. The van der Waals surface area contributed by atoms with Gasteiger partial charge < -0.3 is 14.7 Å². The maximum atomic E-state index is 12.8. The van der Waals surface area contributed by atoms with Crippen molar-refractivity contribution in [2.45, 2.75) is 17.6 Å². The molecular weight excluding hydrogens is 412 g/mol. The summed E-state index contributed by atoms with van der Waals surface area (Å²) in [5.41, 5.74) is 1.55. The molecule has 0 atom stereocenters. The van der Waals surface area contributed by atoms with E-state index in [1.807, 2.05) is 43.3 Å². The van der Waals surface area contributed by atoms with Crippen LogP contribution in [0.5, 0.6) is 0 Å². The first-order valence-corrected chi connectivity index (χ1v) is 11.3. The van der Waals surface area contributed by atoms with Crippen molar-refractivity contribution in [3.63, 3.8) is 0 Å². The number of aromatic nitrogens is 3. The number of carbonyl (C=O) groups excluding carboxylic acids is 1. The van der Waals surface area contributed by atoms with Gasteiger partial charge in [0.15, 0.2) is 0 Å². The lowest BCUT2D eigenvalue weighted by atomic mass is 10.2. The van der Waals surface area contributed by atoms with Crippen molar-refractivity contribution >= 4 is 23.6 Å². The Morgan fingerprint density at radius 2 is 1.90 bits per heavy atom. The fourth-order valence-corrected chi connectivity index (χ4v) is 4.39. The number of nitrogens with one attached hydrogen (secondary N) is 1. The van der Waals surface area contributed by atoms with Crippen molar-refractivity contribution in [1.29, 1.82) is 0 Å². The highest BCUT2D eigenvalue weighted by Crippen LogP contribution is 2.26. The second-order valence-corrected chi connectivity index (χ2v) is 8.37. The molecule has 0 saturated carbocycles. The lowest BCUT2D eigenvalue weighted by Gasteiger charge is -2.34. The van der Waals surface area contributed by atoms with Crippen LogP contribution in [0.3, 0.4) is 0 Å². The van der Waals surface area contributed by atoms with E-state index in [1.165, 1.54) is 0 Å². The first-order valence-electron chi connectivity index (χ1n) is 10.4. The van der Waals surface area contributed by atoms with Crippen LogP contribution in [0, 0.1) is 6.92 Å². The van der Waals surface area contributed by atoms with Crippen LogP contribution in [0.15, 0.2) is 58.2 Å². The van der Waals surface area contributed by atoms with Crippen LogP contribution in [0.4, 0.5) is 5.95 Å². The van der Waals surface area contributed by atoms with Crippen molar-refractivity contribution < 1.29 is 9.32 Å². The summed E-state index contributed by atoms with van der Waals surface area (Å²) < 4.78 is 5.27. The third-order valence-corrected chi connectivity index (χ3v) is 6.20. The first kappa shape index (κ1) is 21.3. The number of carbonyl (C=O) groups is 1. The van der Waals surface area contributed by atoms with Gasteiger partial charge in [-0.3, -0.25) is 9.69 Å². The Morgan fingerprint density at radius 1 is 1.13 bits per heavy atom. The van der Waals surface area contributed by atoms with Gasteiger partial charge in [-0.25, -0.2) is 9.97 Å². The molecule has 1 aliphatic rings. The molecule has 1 aliphatic heterocycles. The number of amides is 1. The maximum Gasteiger partial charge on any atom is 0.252 e. The first-order chi connectivity index (χ1) is 15.2. The molecule has 8 nitrogen and oxygen atoms in total. The molecule has 0 unspecified atom stereocenters. The Labute approximate surface area is 186 Å². The van der Waals surface area contributed by atoms with Gasteiger partial charge in [0.2, 0.25) is 5.95 Å². The topological polar surface area (TPSA) is 87.4 Å². The van der Waals surface area contributed by atoms with E-state index in [-0.39, 0.29) is 5.91 Å². The monoisotopic (exact) mass is 438 g/mol. The minimum absolute atomic E-state index is 0.0480. The predicted octanol–water partition coefficient (Wildman–Crippen LogP) is 2.62. The fraction of sp³-hybridized carbons (Fsp3) is 0.364. The lowest BCUT2D eigenvalue weighted by molar-refractivity contribution is 0.0945. The summed E-state index contributed by atoms with van der Waals surface area (Å²) in [5.74, 6) is 2.18. The van der Waals surface area contributed by atoms with Gasteiger partial charge in [0.1, 0.15) is 5.76 Å². The zero-order valence-corrected chi connectivity index (χ0v) is 18.3. The van der Waals surface area contributed by atoms with Gasteiger partial charge in [0, 0.05) is 62.6 Å². The van der Waals surface area contributed by atoms with E-state index in [0.29, 0.717) is 17.9 Å².